The number of rotatable bonds is 5. The summed E-state index contributed by atoms with van der Waals surface area (Å²) in [4.78, 5) is 18.4. The zero-order valence-corrected chi connectivity index (χ0v) is 15.5. The van der Waals surface area contributed by atoms with E-state index < -0.39 is 11.9 Å². The summed E-state index contributed by atoms with van der Waals surface area (Å²) in [5.74, 6) is -0.109. The lowest BCUT2D eigenvalue weighted by atomic mass is 9.95. The van der Waals surface area contributed by atoms with Crippen LogP contribution in [0.15, 0.2) is 18.3 Å². The normalized spacial score (nSPS) is 14.1. The van der Waals surface area contributed by atoms with Gasteiger partial charge in [0.05, 0.1) is 12.2 Å². The average molecular weight is 380 g/mol. The number of pyridine rings is 1. The molecule has 0 saturated heterocycles. The first-order valence-corrected chi connectivity index (χ1v) is 9.25. The van der Waals surface area contributed by atoms with Gasteiger partial charge >= 0.3 is 6.18 Å². The molecule has 2 heterocycles. The molecule has 1 amide bonds. The molecule has 1 aliphatic carbocycles. The quantitative estimate of drug-likeness (QED) is 0.795. The Kier molecular flexibility index (Phi) is 5.53. The van der Waals surface area contributed by atoms with Crippen LogP contribution in [0.2, 0.25) is 0 Å². The topological polar surface area (TPSA) is 51.0 Å². The fraction of sp³-hybridized carbons (Fsp3) is 0.526. The largest absolute Gasteiger partial charge is 0.435 e. The van der Waals surface area contributed by atoms with E-state index in [9.17, 15) is 18.0 Å². The third-order valence-electron chi connectivity index (χ3n) is 4.95. The Hall–Kier alpha value is -2.38. The second-order valence-electron chi connectivity index (χ2n) is 6.65. The van der Waals surface area contributed by atoms with Crippen LogP contribution in [0.1, 0.15) is 59.7 Å². The Balaban J connectivity index is 1.91. The van der Waals surface area contributed by atoms with E-state index in [0.29, 0.717) is 48.4 Å². The minimum Gasteiger partial charge on any atom is -0.339 e. The van der Waals surface area contributed by atoms with Crippen molar-refractivity contribution in [2.45, 2.75) is 52.3 Å². The molecule has 0 N–H and O–H groups in total. The maximum atomic E-state index is 13.3. The molecule has 0 unspecified atom stereocenters. The molecule has 2 aromatic rings. The van der Waals surface area contributed by atoms with Crippen LogP contribution < -0.4 is 0 Å². The summed E-state index contributed by atoms with van der Waals surface area (Å²) in [6.45, 7) is 5.11. The van der Waals surface area contributed by atoms with Crippen LogP contribution in [-0.4, -0.2) is 38.7 Å². The molecular formula is C19H23F3N4O. The third kappa shape index (κ3) is 3.99. The van der Waals surface area contributed by atoms with Gasteiger partial charge in [-0.2, -0.15) is 18.3 Å². The smallest absolute Gasteiger partial charge is 0.339 e. The molecule has 27 heavy (non-hydrogen) atoms. The van der Waals surface area contributed by atoms with E-state index in [2.05, 4.69) is 10.1 Å². The highest BCUT2D eigenvalue weighted by Crippen LogP contribution is 2.36. The van der Waals surface area contributed by atoms with Crippen molar-refractivity contribution in [3.05, 3.63) is 46.5 Å². The van der Waals surface area contributed by atoms with Crippen molar-refractivity contribution in [2.75, 3.05) is 13.1 Å². The number of carbonyl (C=O) groups excluding carboxylic acids is 1. The first-order valence-electron chi connectivity index (χ1n) is 9.25. The summed E-state index contributed by atoms with van der Waals surface area (Å²) in [6, 6.07) is 3.27. The van der Waals surface area contributed by atoms with Crippen LogP contribution in [-0.2, 0) is 25.6 Å². The molecule has 0 aromatic carbocycles. The molecule has 5 nitrogen and oxygen atoms in total. The van der Waals surface area contributed by atoms with E-state index in [0.717, 1.165) is 12.8 Å². The van der Waals surface area contributed by atoms with Crippen LogP contribution in [0.5, 0.6) is 0 Å². The van der Waals surface area contributed by atoms with Crippen molar-refractivity contribution >= 4 is 5.91 Å². The summed E-state index contributed by atoms with van der Waals surface area (Å²) in [6.07, 6.45) is -0.361. The van der Waals surface area contributed by atoms with E-state index in [-0.39, 0.29) is 12.5 Å². The third-order valence-corrected chi connectivity index (χ3v) is 4.95. The van der Waals surface area contributed by atoms with Crippen molar-refractivity contribution in [3.63, 3.8) is 0 Å². The predicted molar refractivity (Wildman–Crippen MR) is 94.5 cm³/mol. The molecule has 2 aromatic heterocycles. The minimum atomic E-state index is -4.46. The van der Waals surface area contributed by atoms with Gasteiger partial charge in [0, 0.05) is 36.1 Å². The Morgan fingerprint density at radius 1 is 1.22 bits per heavy atom. The predicted octanol–water partition coefficient (Wildman–Crippen LogP) is 3.71. The van der Waals surface area contributed by atoms with Gasteiger partial charge in [0.2, 0.25) is 0 Å². The number of carbonyl (C=O) groups is 1. The number of nitrogens with zero attached hydrogens (tertiary/aromatic N) is 4. The van der Waals surface area contributed by atoms with E-state index in [1.165, 1.54) is 10.9 Å². The van der Waals surface area contributed by atoms with Crippen molar-refractivity contribution in [2.24, 2.45) is 0 Å². The van der Waals surface area contributed by atoms with Crippen molar-refractivity contribution in [1.82, 2.24) is 19.7 Å². The van der Waals surface area contributed by atoms with E-state index in [1.807, 2.05) is 13.8 Å². The van der Waals surface area contributed by atoms with Crippen LogP contribution in [0.4, 0.5) is 13.2 Å². The van der Waals surface area contributed by atoms with Crippen LogP contribution >= 0.6 is 0 Å². The molecule has 0 atom stereocenters. The fourth-order valence-corrected chi connectivity index (χ4v) is 3.57. The fourth-order valence-electron chi connectivity index (χ4n) is 3.57. The second-order valence-corrected chi connectivity index (χ2v) is 6.65. The molecular weight excluding hydrogens is 357 g/mol. The number of hydrogen-bond acceptors (Lipinski definition) is 3. The summed E-state index contributed by atoms with van der Waals surface area (Å²) < 4.78 is 41.4. The maximum absolute atomic E-state index is 13.3. The number of alkyl halides is 3. The molecule has 146 valence electrons. The van der Waals surface area contributed by atoms with Crippen molar-refractivity contribution < 1.29 is 18.0 Å². The summed E-state index contributed by atoms with van der Waals surface area (Å²) in [7, 11) is 0. The SMILES string of the molecule is CCN(CC)C(=O)c1ccnc(Cn2nc(C(F)(F)F)c3c2CCCC3)c1. The van der Waals surface area contributed by atoms with Gasteiger partial charge in [-0.1, -0.05) is 0 Å². The van der Waals surface area contributed by atoms with Crippen LogP contribution in [0.3, 0.4) is 0 Å². The monoisotopic (exact) mass is 380 g/mol. The zero-order valence-electron chi connectivity index (χ0n) is 15.5. The van der Waals surface area contributed by atoms with Crippen LogP contribution in [0.25, 0.3) is 0 Å². The van der Waals surface area contributed by atoms with E-state index >= 15 is 0 Å². The van der Waals surface area contributed by atoms with Crippen LogP contribution in [0, 0.1) is 0 Å². The molecule has 0 radical (unpaired) electrons. The molecule has 8 heteroatoms. The van der Waals surface area contributed by atoms with Gasteiger partial charge in [0.25, 0.3) is 5.91 Å². The summed E-state index contributed by atoms with van der Waals surface area (Å²) in [5.41, 5.74) is 1.17. The van der Waals surface area contributed by atoms with Gasteiger partial charge in [-0.05, 0) is 51.7 Å². The molecule has 1 aliphatic rings. The number of amides is 1. The lowest BCUT2D eigenvalue weighted by molar-refractivity contribution is -0.142. The highest BCUT2D eigenvalue weighted by Gasteiger charge is 2.39. The second kappa shape index (κ2) is 7.70. The minimum absolute atomic E-state index is 0.109. The molecule has 0 spiro atoms. The Morgan fingerprint density at radius 3 is 2.59 bits per heavy atom. The van der Waals surface area contributed by atoms with Crippen molar-refractivity contribution in [3.8, 4) is 0 Å². The highest BCUT2D eigenvalue weighted by molar-refractivity contribution is 5.94. The Morgan fingerprint density at radius 2 is 1.93 bits per heavy atom. The maximum Gasteiger partial charge on any atom is 0.435 e. The van der Waals surface area contributed by atoms with Gasteiger partial charge in [-0.25, -0.2) is 0 Å². The molecule has 0 bridgehead atoms. The van der Waals surface area contributed by atoms with Gasteiger partial charge in [0.15, 0.2) is 5.69 Å². The number of halogens is 3. The van der Waals surface area contributed by atoms with Gasteiger partial charge in [0.1, 0.15) is 0 Å². The standard InChI is InChI=1S/C19H23F3N4O/c1-3-25(4-2)18(27)13-9-10-23-14(11-13)12-26-16-8-6-5-7-15(16)17(24-26)19(20,21)22/h9-11H,3-8,12H2,1-2H3. The molecule has 0 aliphatic heterocycles. The number of fused-ring (bicyclic) bond motifs is 1. The van der Waals surface area contributed by atoms with Gasteiger partial charge in [-0.15, -0.1) is 0 Å². The summed E-state index contributed by atoms with van der Waals surface area (Å²) in [5, 5.41) is 3.86. The molecule has 3 rings (SSSR count). The molecule has 0 fully saturated rings. The van der Waals surface area contributed by atoms with E-state index in [1.54, 1.807) is 17.0 Å². The highest BCUT2D eigenvalue weighted by atomic mass is 19.4. The lowest BCUT2D eigenvalue weighted by Crippen LogP contribution is -2.30. The zero-order chi connectivity index (χ0) is 19.6. The lowest BCUT2D eigenvalue weighted by Gasteiger charge is -2.19. The number of hydrogen-bond donors (Lipinski definition) is 0. The Labute approximate surface area is 156 Å². The Bertz CT molecular complexity index is 825. The number of aromatic nitrogens is 3. The average Bonchev–Trinajstić information content (AvgIpc) is 3.02. The summed E-state index contributed by atoms with van der Waals surface area (Å²) >= 11 is 0. The van der Waals surface area contributed by atoms with Gasteiger partial charge in [-0.3, -0.25) is 14.5 Å². The van der Waals surface area contributed by atoms with Crippen molar-refractivity contribution in [1.29, 1.82) is 0 Å². The van der Waals surface area contributed by atoms with Gasteiger partial charge < -0.3 is 4.90 Å². The first-order chi connectivity index (χ1) is 12.8. The first kappa shape index (κ1) is 19.4. The molecule has 0 saturated carbocycles. The van der Waals surface area contributed by atoms with E-state index in [4.69, 9.17) is 0 Å².